The summed E-state index contributed by atoms with van der Waals surface area (Å²) in [6, 6.07) is 12.4. The van der Waals surface area contributed by atoms with Crippen molar-refractivity contribution < 1.29 is 14.3 Å². The maximum Gasteiger partial charge on any atom is 0.339 e. The fourth-order valence-corrected chi connectivity index (χ4v) is 2.48. The molecule has 2 rings (SSSR count). The third-order valence-electron chi connectivity index (χ3n) is 3.54. The summed E-state index contributed by atoms with van der Waals surface area (Å²) in [5.41, 5.74) is 3.11. The van der Waals surface area contributed by atoms with Crippen LogP contribution < -0.4 is 0 Å². The monoisotopic (exact) mass is 360 g/mol. The minimum absolute atomic E-state index is 0.205. The first kappa shape index (κ1) is 16.4. The van der Waals surface area contributed by atoms with Crippen molar-refractivity contribution in [1.82, 2.24) is 0 Å². The summed E-state index contributed by atoms with van der Waals surface area (Å²) >= 11 is 3.30. The molecule has 0 unspecified atom stereocenters. The number of ketones is 1. The molecule has 1 atom stereocenters. The average Bonchev–Trinajstić information content (AvgIpc) is 2.49. The first-order valence-corrected chi connectivity index (χ1v) is 7.76. The predicted octanol–water partition coefficient (Wildman–Crippen LogP) is 4.49. The van der Waals surface area contributed by atoms with Crippen LogP contribution in [0.2, 0.25) is 0 Å². The summed E-state index contributed by atoms with van der Waals surface area (Å²) in [6.07, 6.45) is -0.832. The molecule has 0 amide bonds. The van der Waals surface area contributed by atoms with Crippen LogP contribution in [0.25, 0.3) is 0 Å². The minimum atomic E-state index is -0.832. The largest absolute Gasteiger partial charge is 0.451 e. The molecule has 22 heavy (non-hydrogen) atoms. The molecule has 0 spiro atoms. The quantitative estimate of drug-likeness (QED) is 0.595. The maximum absolute atomic E-state index is 12.4. The van der Waals surface area contributed by atoms with Crippen LogP contribution >= 0.6 is 15.9 Å². The smallest absolute Gasteiger partial charge is 0.339 e. The Morgan fingerprint density at radius 3 is 2.36 bits per heavy atom. The zero-order chi connectivity index (χ0) is 16.3. The Morgan fingerprint density at radius 1 is 1.05 bits per heavy atom. The van der Waals surface area contributed by atoms with E-state index in [2.05, 4.69) is 15.9 Å². The third kappa shape index (κ3) is 3.63. The zero-order valence-corrected chi connectivity index (χ0v) is 14.3. The average molecular weight is 361 g/mol. The minimum Gasteiger partial charge on any atom is -0.451 e. The highest BCUT2D eigenvalue weighted by molar-refractivity contribution is 9.10. The van der Waals surface area contributed by atoms with Gasteiger partial charge in [0.05, 0.1) is 5.56 Å². The van der Waals surface area contributed by atoms with E-state index in [4.69, 9.17) is 4.74 Å². The van der Waals surface area contributed by atoms with Gasteiger partial charge in [-0.1, -0.05) is 24.3 Å². The highest BCUT2D eigenvalue weighted by Crippen LogP contribution is 2.19. The van der Waals surface area contributed by atoms with Crippen molar-refractivity contribution in [3.63, 3.8) is 0 Å². The van der Waals surface area contributed by atoms with Gasteiger partial charge in [-0.2, -0.15) is 0 Å². The second kappa shape index (κ2) is 6.88. The molecule has 4 heteroatoms. The van der Waals surface area contributed by atoms with E-state index in [-0.39, 0.29) is 5.78 Å². The lowest BCUT2D eigenvalue weighted by atomic mass is 10.0. The lowest BCUT2D eigenvalue weighted by Gasteiger charge is -2.13. The predicted molar refractivity (Wildman–Crippen MR) is 89.3 cm³/mol. The van der Waals surface area contributed by atoms with E-state index < -0.39 is 12.1 Å². The Morgan fingerprint density at radius 2 is 1.73 bits per heavy atom. The number of rotatable bonds is 4. The van der Waals surface area contributed by atoms with Crippen molar-refractivity contribution in [3.05, 3.63) is 69.2 Å². The van der Waals surface area contributed by atoms with Crippen LogP contribution in [0.15, 0.2) is 46.9 Å². The Hall–Kier alpha value is -1.94. The normalized spacial score (nSPS) is 11.8. The van der Waals surface area contributed by atoms with Gasteiger partial charge in [-0.3, -0.25) is 4.79 Å². The lowest BCUT2D eigenvalue weighted by molar-refractivity contribution is 0.0318. The van der Waals surface area contributed by atoms with Gasteiger partial charge in [0.1, 0.15) is 0 Å². The fraction of sp³-hybridized carbons (Fsp3) is 0.222. The Labute approximate surface area is 138 Å². The van der Waals surface area contributed by atoms with Crippen molar-refractivity contribution >= 4 is 27.7 Å². The number of benzene rings is 2. The van der Waals surface area contributed by atoms with Crippen molar-refractivity contribution in [2.45, 2.75) is 26.9 Å². The van der Waals surface area contributed by atoms with E-state index in [0.29, 0.717) is 15.6 Å². The molecule has 0 fully saturated rings. The van der Waals surface area contributed by atoms with Crippen LogP contribution in [0.3, 0.4) is 0 Å². The van der Waals surface area contributed by atoms with E-state index in [1.807, 2.05) is 32.0 Å². The number of halogens is 1. The second-order valence-corrected chi connectivity index (χ2v) is 6.05. The summed E-state index contributed by atoms with van der Waals surface area (Å²) < 4.78 is 5.93. The molecule has 2 aromatic carbocycles. The van der Waals surface area contributed by atoms with Gasteiger partial charge in [0.15, 0.2) is 6.10 Å². The molecular formula is C18H17BrO3. The summed E-state index contributed by atoms with van der Waals surface area (Å²) in [5.74, 6) is -0.722. The standard InChI is InChI=1S/C18H17BrO3/c1-11-8-9-14(10-12(11)2)17(20)13(3)22-18(21)15-6-4-5-7-16(15)19/h4-10,13H,1-3H3/t13-/m0/s1. The van der Waals surface area contributed by atoms with Crippen molar-refractivity contribution in [1.29, 1.82) is 0 Å². The van der Waals surface area contributed by atoms with Crippen LogP contribution in [0.1, 0.15) is 38.8 Å². The van der Waals surface area contributed by atoms with Gasteiger partial charge in [-0.15, -0.1) is 0 Å². The highest BCUT2D eigenvalue weighted by Gasteiger charge is 2.21. The Bertz CT molecular complexity index is 722. The summed E-state index contributed by atoms with van der Waals surface area (Å²) in [5, 5.41) is 0. The molecule has 0 N–H and O–H groups in total. The molecule has 0 bridgehead atoms. The number of aryl methyl sites for hydroxylation is 2. The van der Waals surface area contributed by atoms with E-state index in [9.17, 15) is 9.59 Å². The van der Waals surface area contributed by atoms with E-state index in [1.165, 1.54) is 0 Å². The first-order valence-electron chi connectivity index (χ1n) is 6.97. The maximum atomic E-state index is 12.4. The van der Waals surface area contributed by atoms with Crippen LogP contribution in [-0.4, -0.2) is 17.9 Å². The summed E-state index contributed by atoms with van der Waals surface area (Å²) in [6.45, 7) is 5.52. The lowest BCUT2D eigenvalue weighted by Crippen LogP contribution is -2.24. The number of carbonyl (C=O) groups excluding carboxylic acids is 2. The van der Waals surface area contributed by atoms with E-state index >= 15 is 0 Å². The Kier molecular flexibility index (Phi) is 5.14. The van der Waals surface area contributed by atoms with Crippen molar-refractivity contribution in [3.8, 4) is 0 Å². The van der Waals surface area contributed by atoms with Crippen molar-refractivity contribution in [2.24, 2.45) is 0 Å². The van der Waals surface area contributed by atoms with Gasteiger partial charge in [0.25, 0.3) is 0 Å². The van der Waals surface area contributed by atoms with Gasteiger partial charge in [0, 0.05) is 10.0 Å². The molecule has 0 aliphatic heterocycles. The van der Waals surface area contributed by atoms with E-state index in [0.717, 1.165) is 11.1 Å². The van der Waals surface area contributed by atoms with E-state index in [1.54, 1.807) is 31.2 Å². The zero-order valence-electron chi connectivity index (χ0n) is 12.7. The molecule has 2 aromatic rings. The number of carbonyl (C=O) groups is 2. The molecule has 0 saturated carbocycles. The molecule has 0 aromatic heterocycles. The second-order valence-electron chi connectivity index (χ2n) is 5.19. The fourth-order valence-electron chi connectivity index (χ4n) is 2.03. The number of esters is 1. The number of Topliss-reactive ketones (excluding diaryl/α,β-unsaturated/α-hetero) is 1. The van der Waals surface area contributed by atoms with Gasteiger partial charge in [-0.25, -0.2) is 4.79 Å². The number of hydrogen-bond acceptors (Lipinski definition) is 3. The molecule has 0 heterocycles. The summed E-state index contributed by atoms with van der Waals surface area (Å²) in [4.78, 5) is 24.5. The molecule has 114 valence electrons. The third-order valence-corrected chi connectivity index (χ3v) is 4.23. The summed E-state index contributed by atoms with van der Waals surface area (Å²) in [7, 11) is 0. The van der Waals surface area contributed by atoms with Crippen molar-refractivity contribution in [2.75, 3.05) is 0 Å². The molecule has 0 radical (unpaired) electrons. The molecule has 0 saturated heterocycles. The van der Waals surface area contributed by atoms with Gasteiger partial charge >= 0.3 is 5.97 Å². The topological polar surface area (TPSA) is 43.4 Å². The number of hydrogen-bond donors (Lipinski definition) is 0. The van der Waals surface area contributed by atoms with Gasteiger partial charge < -0.3 is 4.74 Å². The molecular weight excluding hydrogens is 344 g/mol. The Balaban J connectivity index is 2.13. The highest BCUT2D eigenvalue weighted by atomic mass is 79.9. The molecule has 0 aliphatic rings. The van der Waals surface area contributed by atoms with Crippen LogP contribution in [0.4, 0.5) is 0 Å². The molecule has 0 aliphatic carbocycles. The number of ether oxygens (including phenoxy) is 1. The van der Waals surface area contributed by atoms with Gasteiger partial charge in [-0.05, 0) is 66.0 Å². The van der Waals surface area contributed by atoms with Crippen LogP contribution in [0, 0.1) is 13.8 Å². The van der Waals surface area contributed by atoms with Gasteiger partial charge in [0.2, 0.25) is 5.78 Å². The first-order chi connectivity index (χ1) is 10.4. The molecule has 3 nitrogen and oxygen atoms in total. The SMILES string of the molecule is Cc1ccc(C(=O)[C@H](C)OC(=O)c2ccccc2Br)cc1C. The van der Waals surface area contributed by atoms with Crippen LogP contribution in [-0.2, 0) is 4.74 Å². The van der Waals surface area contributed by atoms with Crippen LogP contribution in [0.5, 0.6) is 0 Å².